The third-order valence-corrected chi connectivity index (χ3v) is 4.85. The first-order valence-corrected chi connectivity index (χ1v) is 10.1. The average molecular weight is 440 g/mol. The Morgan fingerprint density at radius 1 is 1.00 bits per heavy atom. The molecule has 0 radical (unpaired) electrons. The highest BCUT2D eigenvalue weighted by molar-refractivity contribution is 7.80. The van der Waals surface area contributed by atoms with Crippen LogP contribution in [0.25, 0.3) is 0 Å². The molecule has 0 spiro atoms. The first kappa shape index (κ1) is 21.6. The van der Waals surface area contributed by atoms with Gasteiger partial charge in [-0.1, -0.05) is 59.6 Å². The van der Waals surface area contributed by atoms with Crippen molar-refractivity contribution in [1.29, 1.82) is 0 Å². The van der Waals surface area contributed by atoms with Gasteiger partial charge in [0.2, 0.25) is 0 Å². The van der Waals surface area contributed by atoms with Gasteiger partial charge in [0.05, 0.1) is 12.8 Å². The van der Waals surface area contributed by atoms with Crippen molar-refractivity contribution in [2.75, 3.05) is 17.7 Å². The number of rotatable bonds is 6. The Kier molecular flexibility index (Phi) is 7.27. The molecular formula is C23H22ClN3O2S. The Hall–Kier alpha value is -3.09. The molecule has 0 aliphatic rings. The molecule has 1 unspecified atom stereocenters. The van der Waals surface area contributed by atoms with E-state index in [2.05, 4.69) is 16.0 Å². The zero-order valence-corrected chi connectivity index (χ0v) is 18.2. The average Bonchev–Trinajstić information content (AvgIpc) is 2.74. The van der Waals surface area contributed by atoms with Gasteiger partial charge in [-0.15, -0.1) is 0 Å². The van der Waals surface area contributed by atoms with Crippen molar-refractivity contribution < 1.29 is 9.53 Å². The van der Waals surface area contributed by atoms with Crippen LogP contribution in [0, 0.1) is 6.92 Å². The second-order valence-corrected chi connectivity index (χ2v) is 7.49. The maximum Gasteiger partial charge on any atom is 0.251 e. The summed E-state index contributed by atoms with van der Waals surface area (Å²) in [5.74, 6) is 0.358. The predicted molar refractivity (Wildman–Crippen MR) is 126 cm³/mol. The molecule has 1 amide bonds. The molecular weight excluding hydrogens is 418 g/mol. The van der Waals surface area contributed by atoms with Crippen molar-refractivity contribution in [3.05, 3.63) is 88.9 Å². The maximum atomic E-state index is 13.1. The van der Waals surface area contributed by atoms with Gasteiger partial charge in [0.1, 0.15) is 11.8 Å². The highest BCUT2D eigenvalue weighted by Gasteiger charge is 2.22. The summed E-state index contributed by atoms with van der Waals surface area (Å²) in [5.41, 5.74) is 3.22. The second kappa shape index (κ2) is 10.1. The number of anilines is 2. The van der Waals surface area contributed by atoms with Crippen molar-refractivity contribution in [2.24, 2.45) is 0 Å². The van der Waals surface area contributed by atoms with Crippen LogP contribution in [0.1, 0.15) is 17.2 Å². The Balaban J connectivity index is 1.79. The molecule has 0 bridgehead atoms. The van der Waals surface area contributed by atoms with Gasteiger partial charge in [0.15, 0.2) is 5.11 Å². The summed E-state index contributed by atoms with van der Waals surface area (Å²) >= 11 is 11.6. The summed E-state index contributed by atoms with van der Waals surface area (Å²) in [6.45, 7) is 1.99. The van der Waals surface area contributed by atoms with Crippen LogP contribution >= 0.6 is 23.8 Å². The van der Waals surface area contributed by atoms with Gasteiger partial charge in [-0.25, -0.2) is 0 Å². The van der Waals surface area contributed by atoms with Crippen LogP contribution in [0.3, 0.4) is 0 Å². The number of benzene rings is 3. The number of hydrogen-bond acceptors (Lipinski definition) is 3. The molecule has 1 atom stereocenters. The van der Waals surface area contributed by atoms with Crippen molar-refractivity contribution in [3.8, 4) is 5.75 Å². The van der Waals surface area contributed by atoms with Gasteiger partial charge in [-0.05, 0) is 55.0 Å². The van der Waals surface area contributed by atoms with Crippen molar-refractivity contribution >= 4 is 46.2 Å². The number of aryl methyl sites for hydroxylation is 1. The van der Waals surface area contributed by atoms with E-state index in [1.807, 2.05) is 61.5 Å². The number of carbonyl (C=O) groups is 1. The molecule has 7 heteroatoms. The highest BCUT2D eigenvalue weighted by atomic mass is 35.5. The third-order valence-electron chi connectivity index (χ3n) is 4.40. The predicted octanol–water partition coefficient (Wildman–Crippen LogP) is 5.32. The second-order valence-electron chi connectivity index (χ2n) is 6.64. The number of hydrogen-bond donors (Lipinski definition) is 3. The van der Waals surface area contributed by atoms with Crippen LogP contribution < -0.4 is 20.7 Å². The fraction of sp³-hybridized carbons (Fsp3) is 0.130. The molecule has 30 heavy (non-hydrogen) atoms. The number of amides is 1. The molecule has 3 rings (SSSR count). The van der Waals surface area contributed by atoms with Crippen molar-refractivity contribution in [2.45, 2.75) is 13.0 Å². The van der Waals surface area contributed by atoms with E-state index in [1.54, 1.807) is 25.3 Å². The zero-order chi connectivity index (χ0) is 21.5. The smallest absolute Gasteiger partial charge is 0.251 e. The quantitative estimate of drug-likeness (QED) is 0.453. The summed E-state index contributed by atoms with van der Waals surface area (Å²) in [5, 5.41) is 9.89. The van der Waals surface area contributed by atoms with Crippen molar-refractivity contribution in [3.63, 3.8) is 0 Å². The Morgan fingerprint density at radius 2 is 1.70 bits per heavy atom. The molecule has 0 aromatic heterocycles. The van der Waals surface area contributed by atoms with Crippen LogP contribution in [0.2, 0.25) is 5.02 Å². The Labute approximate surface area is 186 Å². The fourth-order valence-corrected chi connectivity index (χ4v) is 3.26. The largest absolute Gasteiger partial charge is 0.495 e. The topological polar surface area (TPSA) is 62.4 Å². The Morgan fingerprint density at radius 3 is 2.37 bits per heavy atom. The van der Waals surface area contributed by atoms with Crippen LogP contribution in [-0.4, -0.2) is 18.1 Å². The lowest BCUT2D eigenvalue weighted by atomic mass is 10.1. The van der Waals surface area contributed by atoms with E-state index in [1.165, 1.54) is 0 Å². The van der Waals surface area contributed by atoms with Crippen molar-refractivity contribution in [1.82, 2.24) is 5.32 Å². The minimum Gasteiger partial charge on any atom is -0.495 e. The van der Waals surface area contributed by atoms with Crippen LogP contribution in [-0.2, 0) is 4.79 Å². The lowest BCUT2D eigenvalue weighted by molar-refractivity contribution is -0.117. The van der Waals surface area contributed by atoms with E-state index in [0.29, 0.717) is 22.1 Å². The molecule has 0 saturated carbocycles. The number of halogens is 1. The van der Waals surface area contributed by atoms with Gasteiger partial charge in [-0.2, -0.15) is 0 Å². The Bertz CT molecular complexity index is 1030. The summed E-state index contributed by atoms with van der Waals surface area (Å²) in [6, 6.07) is 21.5. The number of methoxy groups -OCH3 is 1. The molecule has 0 saturated heterocycles. The van der Waals surface area contributed by atoms with E-state index in [4.69, 9.17) is 28.6 Å². The maximum absolute atomic E-state index is 13.1. The fourth-order valence-electron chi connectivity index (χ4n) is 2.86. The van der Waals surface area contributed by atoms with E-state index in [9.17, 15) is 4.79 Å². The van der Waals surface area contributed by atoms with Crippen LogP contribution in [0.5, 0.6) is 5.75 Å². The van der Waals surface area contributed by atoms with E-state index in [0.717, 1.165) is 11.1 Å². The van der Waals surface area contributed by atoms with Crippen LogP contribution in [0.15, 0.2) is 72.8 Å². The standard InChI is InChI=1S/C23H22ClN3O2S/c1-15-8-11-18(12-9-15)25-22(28)21(16-6-4-3-5-7-16)27-23(30)26-19-14-17(24)10-13-20(19)29-2/h3-14,21H,1-2H3,(H,25,28)(H2,26,27,30). The van der Waals surface area contributed by atoms with Gasteiger partial charge >= 0.3 is 0 Å². The molecule has 3 N–H and O–H groups in total. The molecule has 0 aliphatic carbocycles. The molecule has 0 heterocycles. The van der Waals surface area contributed by atoms with Crippen LogP contribution in [0.4, 0.5) is 11.4 Å². The van der Waals surface area contributed by atoms with E-state index < -0.39 is 6.04 Å². The van der Waals surface area contributed by atoms with Gasteiger partial charge in [-0.3, -0.25) is 4.79 Å². The molecule has 0 aliphatic heterocycles. The molecule has 0 fully saturated rings. The summed E-state index contributed by atoms with van der Waals surface area (Å²) in [6.07, 6.45) is 0. The lowest BCUT2D eigenvalue weighted by Gasteiger charge is -2.21. The highest BCUT2D eigenvalue weighted by Crippen LogP contribution is 2.28. The van der Waals surface area contributed by atoms with Gasteiger partial charge in [0, 0.05) is 10.7 Å². The minimum atomic E-state index is -0.697. The molecule has 5 nitrogen and oxygen atoms in total. The molecule has 154 valence electrons. The SMILES string of the molecule is COc1ccc(Cl)cc1NC(=S)NC(C(=O)Nc1ccc(C)cc1)c1ccccc1. The summed E-state index contributed by atoms with van der Waals surface area (Å²) in [4.78, 5) is 13.1. The summed E-state index contributed by atoms with van der Waals surface area (Å²) in [7, 11) is 1.56. The number of carbonyl (C=O) groups excluding carboxylic acids is 1. The molecule has 3 aromatic rings. The number of nitrogens with one attached hydrogen (secondary N) is 3. The minimum absolute atomic E-state index is 0.229. The monoisotopic (exact) mass is 439 g/mol. The van der Waals surface area contributed by atoms with Gasteiger partial charge < -0.3 is 20.7 Å². The first-order valence-electron chi connectivity index (χ1n) is 9.30. The lowest BCUT2D eigenvalue weighted by Crippen LogP contribution is -2.39. The third kappa shape index (κ3) is 5.72. The zero-order valence-electron chi connectivity index (χ0n) is 16.6. The number of ether oxygens (including phenoxy) is 1. The molecule has 3 aromatic carbocycles. The normalized spacial score (nSPS) is 11.3. The first-order chi connectivity index (χ1) is 14.5. The van der Waals surface area contributed by atoms with E-state index >= 15 is 0 Å². The van der Waals surface area contributed by atoms with Gasteiger partial charge in [0.25, 0.3) is 5.91 Å². The van der Waals surface area contributed by atoms with E-state index in [-0.39, 0.29) is 11.0 Å². The number of thiocarbonyl (C=S) groups is 1. The summed E-state index contributed by atoms with van der Waals surface area (Å²) < 4.78 is 5.34.